The standard InChI is InChI=1S/C27H40N2O3S2/c1-5-8-14-27(15-9-6-2)19-29(22-12-10-21(28)11-13-22)23-17-25(33-4)24(32-16-7-3)18-26(23)34(30,31)20-27/h7,10-13,17-18,30-31H,3,5-6,8-9,14-16,19-20,28H2,1-2,4H3. The van der Waals surface area contributed by atoms with Crippen molar-refractivity contribution >= 4 is 39.4 Å². The summed E-state index contributed by atoms with van der Waals surface area (Å²) in [5.41, 5.74) is 8.36. The molecule has 0 saturated heterocycles. The normalized spacial score (nSPS) is 17.5. The molecular formula is C27H40N2O3S2. The smallest absolute Gasteiger partial charge is 0.135 e. The van der Waals surface area contributed by atoms with Crippen LogP contribution in [0.2, 0.25) is 0 Å². The molecule has 0 aliphatic carbocycles. The Morgan fingerprint density at radius 1 is 1.15 bits per heavy atom. The Hall–Kier alpha value is -1.80. The Labute approximate surface area is 211 Å². The first-order chi connectivity index (χ1) is 16.3. The molecule has 0 spiro atoms. The quantitative estimate of drug-likeness (QED) is 0.163. The van der Waals surface area contributed by atoms with E-state index in [0.717, 1.165) is 61.3 Å². The maximum atomic E-state index is 11.7. The lowest BCUT2D eigenvalue weighted by Crippen LogP contribution is -2.37. The van der Waals surface area contributed by atoms with Crippen LogP contribution >= 0.6 is 22.4 Å². The fourth-order valence-corrected chi connectivity index (χ4v) is 7.55. The van der Waals surface area contributed by atoms with Crippen molar-refractivity contribution in [2.24, 2.45) is 5.41 Å². The zero-order valence-corrected chi connectivity index (χ0v) is 22.4. The van der Waals surface area contributed by atoms with Gasteiger partial charge in [-0.2, -0.15) is 10.6 Å². The number of hydrogen-bond donors (Lipinski definition) is 3. The van der Waals surface area contributed by atoms with Gasteiger partial charge in [-0.05, 0) is 49.4 Å². The van der Waals surface area contributed by atoms with Crippen molar-refractivity contribution in [3.63, 3.8) is 0 Å². The Kier molecular flexibility index (Phi) is 9.27. The van der Waals surface area contributed by atoms with E-state index in [9.17, 15) is 9.11 Å². The largest absolute Gasteiger partial charge is 0.488 e. The molecule has 0 radical (unpaired) electrons. The summed E-state index contributed by atoms with van der Waals surface area (Å²) in [5, 5.41) is 0. The van der Waals surface area contributed by atoms with E-state index in [1.807, 2.05) is 36.6 Å². The average molecular weight is 505 g/mol. The molecule has 1 aliphatic heterocycles. The molecule has 2 aromatic rings. The van der Waals surface area contributed by atoms with Crippen molar-refractivity contribution in [3.05, 3.63) is 49.1 Å². The lowest BCUT2D eigenvalue weighted by atomic mass is 9.79. The molecule has 4 N–H and O–H groups in total. The van der Waals surface area contributed by atoms with Gasteiger partial charge >= 0.3 is 0 Å². The first-order valence-corrected chi connectivity index (χ1v) is 15.1. The molecule has 188 valence electrons. The predicted octanol–water partition coefficient (Wildman–Crippen LogP) is 8.18. The van der Waals surface area contributed by atoms with Gasteiger partial charge in [0.2, 0.25) is 0 Å². The van der Waals surface area contributed by atoms with E-state index in [2.05, 4.69) is 31.4 Å². The highest BCUT2D eigenvalue weighted by Gasteiger charge is 2.42. The van der Waals surface area contributed by atoms with Crippen LogP contribution in [0.3, 0.4) is 0 Å². The summed E-state index contributed by atoms with van der Waals surface area (Å²) in [6, 6.07) is 11.8. The van der Waals surface area contributed by atoms with Crippen LogP contribution in [0, 0.1) is 5.41 Å². The third-order valence-corrected chi connectivity index (χ3v) is 9.38. The van der Waals surface area contributed by atoms with Crippen LogP contribution in [0.25, 0.3) is 0 Å². The first-order valence-electron chi connectivity index (χ1n) is 12.1. The number of ether oxygens (including phenoxy) is 1. The number of nitrogen functional groups attached to an aromatic ring is 1. The van der Waals surface area contributed by atoms with Crippen LogP contribution in [-0.2, 0) is 0 Å². The zero-order valence-electron chi connectivity index (χ0n) is 20.8. The molecule has 0 saturated carbocycles. The summed E-state index contributed by atoms with van der Waals surface area (Å²) >= 11 is 1.59. The summed E-state index contributed by atoms with van der Waals surface area (Å²) in [4.78, 5) is 3.81. The van der Waals surface area contributed by atoms with E-state index in [-0.39, 0.29) is 5.41 Å². The molecular weight excluding hydrogens is 464 g/mol. The SMILES string of the molecule is C=CCOc1cc2c(cc1SC)N(c1ccc(N)cc1)CC(CCCC)(CCCC)CS2(O)O. The molecule has 0 atom stereocenters. The second-order valence-corrected chi connectivity index (χ2v) is 12.2. The maximum Gasteiger partial charge on any atom is 0.135 e. The summed E-state index contributed by atoms with van der Waals surface area (Å²) in [7, 11) is -3.05. The third kappa shape index (κ3) is 6.06. The third-order valence-electron chi connectivity index (χ3n) is 6.57. The lowest BCUT2D eigenvalue weighted by Gasteiger charge is -2.42. The van der Waals surface area contributed by atoms with Gasteiger partial charge in [0.25, 0.3) is 0 Å². The molecule has 0 bridgehead atoms. The van der Waals surface area contributed by atoms with Crippen molar-refractivity contribution in [2.75, 3.05) is 35.8 Å². The minimum Gasteiger partial charge on any atom is -0.488 e. The second kappa shape index (κ2) is 11.8. The van der Waals surface area contributed by atoms with Gasteiger partial charge in [-0.25, -0.2) is 0 Å². The van der Waals surface area contributed by atoms with Crippen LogP contribution in [0.5, 0.6) is 5.75 Å². The van der Waals surface area contributed by atoms with Crippen molar-refractivity contribution < 1.29 is 13.8 Å². The molecule has 0 amide bonds. The van der Waals surface area contributed by atoms with Crippen molar-refractivity contribution in [1.82, 2.24) is 0 Å². The van der Waals surface area contributed by atoms with E-state index in [1.54, 1.807) is 17.8 Å². The Balaban J connectivity index is 2.23. The van der Waals surface area contributed by atoms with Crippen LogP contribution < -0.4 is 15.4 Å². The van der Waals surface area contributed by atoms with Crippen LogP contribution in [0.4, 0.5) is 17.1 Å². The molecule has 3 rings (SSSR count). The lowest BCUT2D eigenvalue weighted by molar-refractivity contribution is 0.264. The number of thioether (sulfide) groups is 1. The molecule has 34 heavy (non-hydrogen) atoms. The molecule has 1 heterocycles. The predicted molar refractivity (Wildman–Crippen MR) is 149 cm³/mol. The van der Waals surface area contributed by atoms with E-state index < -0.39 is 10.6 Å². The van der Waals surface area contributed by atoms with Crippen LogP contribution in [-0.4, -0.2) is 34.3 Å². The van der Waals surface area contributed by atoms with Gasteiger partial charge in [0.15, 0.2) is 0 Å². The highest BCUT2D eigenvalue weighted by atomic mass is 32.3. The van der Waals surface area contributed by atoms with E-state index in [4.69, 9.17) is 10.5 Å². The minimum atomic E-state index is -3.05. The number of benzene rings is 2. The summed E-state index contributed by atoms with van der Waals surface area (Å²) in [6.07, 6.45) is 9.94. The Morgan fingerprint density at radius 2 is 1.79 bits per heavy atom. The summed E-state index contributed by atoms with van der Waals surface area (Å²) < 4.78 is 29.3. The van der Waals surface area contributed by atoms with Gasteiger partial charge in [-0.3, -0.25) is 9.11 Å². The van der Waals surface area contributed by atoms with Crippen molar-refractivity contribution in [2.45, 2.75) is 62.2 Å². The van der Waals surface area contributed by atoms with Crippen LogP contribution in [0.15, 0.2) is 58.8 Å². The Morgan fingerprint density at radius 3 is 2.35 bits per heavy atom. The molecule has 0 unspecified atom stereocenters. The summed E-state index contributed by atoms with van der Waals surface area (Å²) in [5.74, 6) is 1.04. The van der Waals surface area contributed by atoms with Gasteiger partial charge in [0.05, 0.1) is 15.5 Å². The number of fused-ring (bicyclic) bond motifs is 1. The van der Waals surface area contributed by atoms with Gasteiger partial charge in [0.1, 0.15) is 12.4 Å². The van der Waals surface area contributed by atoms with E-state index in [1.165, 1.54) is 0 Å². The molecule has 0 fully saturated rings. The van der Waals surface area contributed by atoms with Gasteiger partial charge in [-0.1, -0.05) is 52.2 Å². The van der Waals surface area contributed by atoms with E-state index >= 15 is 0 Å². The molecule has 1 aliphatic rings. The molecule has 2 aromatic carbocycles. The van der Waals surface area contributed by atoms with Crippen LogP contribution in [0.1, 0.15) is 52.4 Å². The fourth-order valence-electron chi connectivity index (χ4n) is 4.81. The number of rotatable bonds is 11. The number of anilines is 3. The maximum absolute atomic E-state index is 11.7. The number of unbranched alkanes of at least 4 members (excludes halogenated alkanes) is 2. The zero-order chi connectivity index (χ0) is 24.8. The highest BCUT2D eigenvalue weighted by molar-refractivity contribution is 8.24. The van der Waals surface area contributed by atoms with Crippen molar-refractivity contribution in [3.8, 4) is 5.75 Å². The number of nitrogens with two attached hydrogens (primary N) is 1. The van der Waals surface area contributed by atoms with Gasteiger partial charge < -0.3 is 15.4 Å². The second-order valence-electron chi connectivity index (χ2n) is 9.27. The van der Waals surface area contributed by atoms with Crippen molar-refractivity contribution in [1.29, 1.82) is 0 Å². The average Bonchev–Trinajstić information content (AvgIpc) is 2.92. The highest BCUT2D eigenvalue weighted by Crippen LogP contribution is 2.62. The molecule has 5 nitrogen and oxygen atoms in total. The monoisotopic (exact) mass is 504 g/mol. The van der Waals surface area contributed by atoms with E-state index in [0.29, 0.717) is 28.7 Å². The number of hydrogen-bond acceptors (Lipinski definition) is 6. The molecule has 0 aromatic heterocycles. The topological polar surface area (TPSA) is 79.0 Å². The number of nitrogens with zero attached hydrogens (tertiary/aromatic N) is 1. The van der Waals surface area contributed by atoms with Gasteiger partial charge in [0, 0.05) is 35.2 Å². The van der Waals surface area contributed by atoms with Gasteiger partial charge in [-0.15, -0.1) is 11.8 Å². The fraction of sp³-hybridized carbons (Fsp3) is 0.481. The Bertz CT molecular complexity index is 955. The minimum absolute atomic E-state index is 0.201. The summed E-state index contributed by atoms with van der Waals surface area (Å²) in [6.45, 7) is 9.25. The molecule has 7 heteroatoms. The first kappa shape index (κ1) is 26.8.